The fourth-order valence-corrected chi connectivity index (χ4v) is 3.90. The minimum Gasteiger partial charge on any atom is -0.345 e. The van der Waals surface area contributed by atoms with E-state index in [-0.39, 0.29) is 17.3 Å². The zero-order valence-electron chi connectivity index (χ0n) is 17.6. The van der Waals surface area contributed by atoms with Gasteiger partial charge in [0.1, 0.15) is 11.6 Å². The molecule has 0 aliphatic carbocycles. The Kier molecular flexibility index (Phi) is 7.42. The maximum atomic E-state index is 12.6. The molecule has 160 valence electrons. The molecular weight excluding hydrogens is 422 g/mol. The number of nitrogens with zero attached hydrogens (tertiary/aromatic N) is 2. The lowest BCUT2D eigenvalue weighted by Gasteiger charge is -2.13. The van der Waals surface area contributed by atoms with E-state index in [0.717, 1.165) is 16.0 Å². The van der Waals surface area contributed by atoms with Crippen molar-refractivity contribution in [2.45, 2.75) is 29.7 Å². The number of aryl methyl sites for hydroxylation is 1. The summed E-state index contributed by atoms with van der Waals surface area (Å²) >= 11 is 1.29. The first kappa shape index (κ1) is 22.8. The summed E-state index contributed by atoms with van der Waals surface area (Å²) < 4.78 is 0. The molecule has 6 nitrogen and oxygen atoms in total. The zero-order chi connectivity index (χ0) is 23.1. The van der Waals surface area contributed by atoms with E-state index in [9.17, 15) is 20.2 Å². The van der Waals surface area contributed by atoms with E-state index >= 15 is 0 Å². The molecule has 3 rings (SSSR count). The van der Waals surface area contributed by atoms with Crippen LogP contribution >= 0.6 is 11.8 Å². The van der Waals surface area contributed by atoms with E-state index in [1.165, 1.54) is 23.9 Å². The topological polar surface area (TPSA) is 96.0 Å². The van der Waals surface area contributed by atoms with Crippen LogP contribution in [0.25, 0.3) is 6.08 Å². The van der Waals surface area contributed by atoms with Crippen molar-refractivity contribution in [2.75, 3.05) is 0 Å². The summed E-state index contributed by atoms with van der Waals surface area (Å²) in [5.74, 6) is -0.537. The zero-order valence-corrected chi connectivity index (χ0v) is 18.4. The van der Waals surface area contributed by atoms with Gasteiger partial charge in [-0.15, -0.1) is 0 Å². The Bertz CT molecular complexity index is 1200. The van der Waals surface area contributed by atoms with E-state index in [0.29, 0.717) is 10.5 Å². The van der Waals surface area contributed by atoms with Crippen molar-refractivity contribution < 1.29 is 9.72 Å². The van der Waals surface area contributed by atoms with Crippen molar-refractivity contribution in [2.24, 2.45) is 0 Å². The number of nitro groups is 1. The molecule has 0 aliphatic heterocycles. The van der Waals surface area contributed by atoms with Gasteiger partial charge in [-0.05, 0) is 49.2 Å². The minimum absolute atomic E-state index is 0.0836. The van der Waals surface area contributed by atoms with Gasteiger partial charge in [0.25, 0.3) is 11.6 Å². The minimum atomic E-state index is -0.537. The number of rotatable bonds is 7. The monoisotopic (exact) mass is 443 g/mol. The molecule has 1 amide bonds. The molecule has 0 unspecified atom stereocenters. The van der Waals surface area contributed by atoms with Crippen LogP contribution in [0.5, 0.6) is 0 Å². The van der Waals surface area contributed by atoms with Gasteiger partial charge >= 0.3 is 0 Å². The van der Waals surface area contributed by atoms with Crippen molar-refractivity contribution in [3.8, 4) is 6.07 Å². The quantitative estimate of drug-likeness (QED) is 0.214. The number of hydrogen-bond acceptors (Lipinski definition) is 5. The van der Waals surface area contributed by atoms with Crippen LogP contribution in [0.4, 0.5) is 5.69 Å². The van der Waals surface area contributed by atoms with Gasteiger partial charge in [-0.3, -0.25) is 14.9 Å². The van der Waals surface area contributed by atoms with Crippen LogP contribution < -0.4 is 5.32 Å². The van der Waals surface area contributed by atoms with E-state index in [4.69, 9.17) is 0 Å². The molecule has 0 heterocycles. The summed E-state index contributed by atoms with van der Waals surface area (Å²) in [6.45, 7) is 3.80. The summed E-state index contributed by atoms with van der Waals surface area (Å²) in [6, 6.07) is 23.4. The highest BCUT2D eigenvalue weighted by atomic mass is 32.2. The molecule has 0 spiro atoms. The van der Waals surface area contributed by atoms with Crippen molar-refractivity contribution in [3.63, 3.8) is 0 Å². The lowest BCUT2D eigenvalue weighted by Crippen LogP contribution is -2.27. The third-order valence-electron chi connectivity index (χ3n) is 4.75. The Hall–Kier alpha value is -3.89. The Morgan fingerprint density at radius 1 is 1.12 bits per heavy atom. The van der Waals surface area contributed by atoms with Gasteiger partial charge in [-0.1, -0.05) is 65.9 Å². The predicted octanol–water partition coefficient (Wildman–Crippen LogP) is 5.84. The van der Waals surface area contributed by atoms with E-state index in [1.54, 1.807) is 12.1 Å². The molecule has 1 N–H and O–H groups in total. The smallest absolute Gasteiger partial charge is 0.283 e. The second-order valence-corrected chi connectivity index (χ2v) is 8.29. The van der Waals surface area contributed by atoms with Gasteiger partial charge in [-0.2, -0.15) is 5.26 Å². The van der Waals surface area contributed by atoms with Gasteiger partial charge in [0.05, 0.1) is 15.9 Å². The van der Waals surface area contributed by atoms with Gasteiger partial charge in [-0.25, -0.2) is 0 Å². The predicted molar refractivity (Wildman–Crippen MR) is 125 cm³/mol. The molecule has 0 aliphatic rings. The first-order valence-corrected chi connectivity index (χ1v) is 10.7. The van der Waals surface area contributed by atoms with Gasteiger partial charge < -0.3 is 5.32 Å². The summed E-state index contributed by atoms with van der Waals surface area (Å²) in [7, 11) is 0. The fourth-order valence-electron chi connectivity index (χ4n) is 3.00. The number of carbonyl (C=O) groups is 1. The largest absolute Gasteiger partial charge is 0.345 e. The van der Waals surface area contributed by atoms with Gasteiger partial charge in [0.15, 0.2) is 0 Å². The molecule has 0 fully saturated rings. The van der Waals surface area contributed by atoms with Crippen LogP contribution in [-0.2, 0) is 4.79 Å². The SMILES string of the molecule is Cc1ccc(Sc2ccc(/C=C(\C#N)C(=O)N[C@@H](C)c3ccccc3)cc2[N+](=O)[O-])cc1. The Morgan fingerprint density at radius 3 is 2.44 bits per heavy atom. The lowest BCUT2D eigenvalue weighted by molar-refractivity contribution is -0.387. The molecule has 3 aromatic carbocycles. The maximum Gasteiger partial charge on any atom is 0.283 e. The lowest BCUT2D eigenvalue weighted by atomic mass is 10.1. The molecule has 7 heteroatoms. The van der Waals surface area contributed by atoms with Crippen LogP contribution in [0.1, 0.15) is 29.7 Å². The third kappa shape index (κ3) is 5.84. The standard InChI is InChI=1S/C25H21N3O3S/c1-17-8-11-22(12-9-17)32-24-13-10-19(15-23(24)28(30)31)14-21(16-26)25(29)27-18(2)20-6-4-3-5-7-20/h3-15,18H,1-2H3,(H,27,29)/b21-14+/t18-/m0/s1. The Morgan fingerprint density at radius 2 is 1.81 bits per heavy atom. The molecule has 32 heavy (non-hydrogen) atoms. The number of benzene rings is 3. The third-order valence-corrected chi connectivity index (χ3v) is 5.82. The first-order chi connectivity index (χ1) is 15.4. The fraction of sp³-hybridized carbons (Fsp3) is 0.120. The van der Waals surface area contributed by atoms with Crippen molar-refractivity contribution in [1.29, 1.82) is 5.26 Å². The summed E-state index contributed by atoms with van der Waals surface area (Å²) in [5.41, 5.74) is 2.21. The van der Waals surface area contributed by atoms with Crippen LogP contribution in [0, 0.1) is 28.4 Å². The molecule has 3 aromatic rings. The second kappa shape index (κ2) is 10.4. The van der Waals surface area contributed by atoms with Crippen LogP contribution in [0.15, 0.2) is 88.2 Å². The first-order valence-electron chi connectivity index (χ1n) is 9.88. The molecule has 0 saturated heterocycles. The molecule has 0 saturated carbocycles. The highest BCUT2D eigenvalue weighted by molar-refractivity contribution is 7.99. The van der Waals surface area contributed by atoms with Crippen molar-refractivity contribution in [1.82, 2.24) is 5.32 Å². The Balaban J connectivity index is 1.83. The highest BCUT2D eigenvalue weighted by Crippen LogP contribution is 2.35. The summed E-state index contributed by atoms with van der Waals surface area (Å²) in [5, 5.41) is 23.9. The second-order valence-electron chi connectivity index (χ2n) is 7.18. The molecule has 1 atom stereocenters. The molecule has 0 aromatic heterocycles. The van der Waals surface area contributed by atoms with E-state index in [2.05, 4.69) is 5.32 Å². The van der Waals surface area contributed by atoms with Gasteiger partial charge in [0.2, 0.25) is 0 Å². The van der Waals surface area contributed by atoms with Crippen LogP contribution in [0.2, 0.25) is 0 Å². The molecule has 0 radical (unpaired) electrons. The molecular formula is C25H21N3O3S. The van der Waals surface area contributed by atoms with Crippen molar-refractivity contribution in [3.05, 3.63) is 105 Å². The number of nitriles is 1. The maximum absolute atomic E-state index is 12.6. The Labute approximate surface area is 190 Å². The average Bonchev–Trinajstić information content (AvgIpc) is 2.80. The summed E-state index contributed by atoms with van der Waals surface area (Å²) in [6.07, 6.45) is 1.36. The number of nitrogens with one attached hydrogen (secondary N) is 1. The van der Waals surface area contributed by atoms with E-state index in [1.807, 2.05) is 74.5 Å². The van der Waals surface area contributed by atoms with Gasteiger partial charge in [0, 0.05) is 11.0 Å². The number of amides is 1. The molecule has 0 bridgehead atoms. The van der Waals surface area contributed by atoms with Crippen LogP contribution in [-0.4, -0.2) is 10.8 Å². The van der Waals surface area contributed by atoms with Crippen LogP contribution in [0.3, 0.4) is 0 Å². The van der Waals surface area contributed by atoms with E-state index < -0.39 is 10.8 Å². The normalized spacial score (nSPS) is 12.0. The van der Waals surface area contributed by atoms with Crippen molar-refractivity contribution >= 4 is 29.4 Å². The number of nitro benzene ring substituents is 1. The summed E-state index contributed by atoms with van der Waals surface area (Å²) in [4.78, 5) is 25.1. The number of hydrogen-bond donors (Lipinski definition) is 1. The average molecular weight is 444 g/mol. The highest BCUT2D eigenvalue weighted by Gasteiger charge is 2.18. The number of carbonyl (C=O) groups excluding carboxylic acids is 1.